The van der Waals surface area contributed by atoms with Crippen molar-refractivity contribution in [2.24, 2.45) is 5.92 Å². The van der Waals surface area contributed by atoms with E-state index in [-0.39, 0.29) is 11.0 Å². The van der Waals surface area contributed by atoms with Crippen LogP contribution in [0, 0.1) is 5.92 Å². The van der Waals surface area contributed by atoms with Crippen molar-refractivity contribution in [3.63, 3.8) is 0 Å². The van der Waals surface area contributed by atoms with E-state index in [0.717, 1.165) is 5.92 Å². The summed E-state index contributed by atoms with van der Waals surface area (Å²) in [6.07, 6.45) is 7.06. The molecule has 0 spiro atoms. The Morgan fingerprint density at radius 1 is 1.08 bits per heavy atom. The SMILES string of the molecule is CO[SiH](CC1CCCCC1)OC.[SiH4]. The Kier molecular flexibility index (Phi) is 7.94. The summed E-state index contributed by atoms with van der Waals surface area (Å²) in [5.41, 5.74) is 0. The Labute approximate surface area is 87.9 Å². The Morgan fingerprint density at radius 2 is 1.62 bits per heavy atom. The standard InChI is InChI=1S/C9H20O2Si.H4Si/c1-10-12(11-2)8-9-6-4-3-5-7-9;/h9,12H,3-8H2,1-2H3;1H4. The van der Waals surface area contributed by atoms with Crippen molar-refractivity contribution in [2.75, 3.05) is 14.2 Å². The first-order chi connectivity index (χ1) is 5.86. The smallest absolute Gasteiger partial charge is 0.321 e. The first-order valence-electron chi connectivity index (χ1n) is 4.92. The molecule has 0 radical (unpaired) electrons. The van der Waals surface area contributed by atoms with Gasteiger partial charge in [0, 0.05) is 14.2 Å². The highest BCUT2D eigenvalue weighted by Crippen LogP contribution is 2.27. The molecule has 1 rings (SSSR count). The molecule has 0 aliphatic heterocycles. The molecule has 1 saturated carbocycles. The molecule has 0 N–H and O–H groups in total. The third kappa shape index (κ3) is 4.95. The van der Waals surface area contributed by atoms with Crippen molar-refractivity contribution in [3.8, 4) is 0 Å². The van der Waals surface area contributed by atoms with Crippen LogP contribution < -0.4 is 0 Å². The van der Waals surface area contributed by atoms with Gasteiger partial charge in [-0.1, -0.05) is 32.1 Å². The number of hydrogen-bond donors (Lipinski definition) is 0. The molecular formula is C9H24O2Si2. The summed E-state index contributed by atoms with van der Waals surface area (Å²) in [6.45, 7) is 0. The first-order valence-corrected chi connectivity index (χ1v) is 6.68. The van der Waals surface area contributed by atoms with E-state index in [4.69, 9.17) is 8.85 Å². The summed E-state index contributed by atoms with van der Waals surface area (Å²) in [5, 5.41) is 0. The van der Waals surface area contributed by atoms with Crippen LogP contribution in [0.5, 0.6) is 0 Å². The Morgan fingerprint density at radius 3 is 2.08 bits per heavy atom. The Hall–Kier alpha value is 0.354. The van der Waals surface area contributed by atoms with E-state index < -0.39 is 9.28 Å². The van der Waals surface area contributed by atoms with E-state index in [1.54, 1.807) is 14.2 Å². The zero-order chi connectivity index (χ0) is 8.81. The molecule has 13 heavy (non-hydrogen) atoms. The molecule has 4 heteroatoms. The minimum absolute atomic E-state index is 0. The summed E-state index contributed by atoms with van der Waals surface area (Å²) in [4.78, 5) is 0. The number of rotatable bonds is 4. The maximum atomic E-state index is 5.32. The van der Waals surface area contributed by atoms with E-state index >= 15 is 0 Å². The predicted molar refractivity (Wildman–Crippen MR) is 63.9 cm³/mol. The van der Waals surface area contributed by atoms with Crippen molar-refractivity contribution in [3.05, 3.63) is 0 Å². The topological polar surface area (TPSA) is 18.5 Å². The van der Waals surface area contributed by atoms with Gasteiger partial charge in [0.1, 0.15) is 0 Å². The lowest BCUT2D eigenvalue weighted by atomic mass is 9.91. The van der Waals surface area contributed by atoms with Crippen molar-refractivity contribution < 1.29 is 8.85 Å². The summed E-state index contributed by atoms with van der Waals surface area (Å²) >= 11 is 0. The Balaban J connectivity index is 0.00000144. The van der Waals surface area contributed by atoms with Crippen LogP contribution >= 0.6 is 0 Å². The van der Waals surface area contributed by atoms with Crippen LogP contribution in [0.25, 0.3) is 0 Å². The molecule has 0 heterocycles. The lowest BCUT2D eigenvalue weighted by molar-refractivity contribution is 0.259. The quantitative estimate of drug-likeness (QED) is 0.647. The summed E-state index contributed by atoms with van der Waals surface area (Å²) in [6, 6.07) is 1.22. The molecule has 0 bridgehead atoms. The van der Waals surface area contributed by atoms with Crippen molar-refractivity contribution >= 4 is 20.2 Å². The minimum Gasteiger partial charge on any atom is -0.400 e. The zero-order valence-electron chi connectivity index (χ0n) is 8.21. The maximum absolute atomic E-state index is 5.32. The van der Waals surface area contributed by atoms with Gasteiger partial charge in [0.15, 0.2) is 0 Å². The minimum atomic E-state index is -1.27. The van der Waals surface area contributed by atoms with Crippen LogP contribution in [0.4, 0.5) is 0 Å². The fraction of sp³-hybridized carbons (Fsp3) is 1.00. The fourth-order valence-electron chi connectivity index (χ4n) is 1.98. The normalized spacial score (nSPS) is 18.7. The van der Waals surface area contributed by atoms with Gasteiger partial charge in [-0.25, -0.2) is 0 Å². The highest BCUT2D eigenvalue weighted by molar-refractivity contribution is 6.44. The summed E-state index contributed by atoms with van der Waals surface area (Å²) < 4.78 is 10.6. The summed E-state index contributed by atoms with van der Waals surface area (Å²) in [7, 11) is 2.30. The second kappa shape index (κ2) is 7.73. The van der Waals surface area contributed by atoms with Crippen LogP contribution in [0.15, 0.2) is 0 Å². The van der Waals surface area contributed by atoms with Gasteiger partial charge in [0.2, 0.25) is 0 Å². The van der Waals surface area contributed by atoms with Gasteiger partial charge in [-0.2, -0.15) is 0 Å². The molecule has 0 saturated heterocycles. The Bertz CT molecular complexity index is 112. The third-order valence-corrected chi connectivity index (χ3v) is 4.88. The maximum Gasteiger partial charge on any atom is 0.321 e. The van der Waals surface area contributed by atoms with E-state index in [1.807, 2.05) is 0 Å². The van der Waals surface area contributed by atoms with E-state index in [0.29, 0.717) is 0 Å². The molecule has 0 atom stereocenters. The molecule has 80 valence electrons. The average Bonchev–Trinajstić information content (AvgIpc) is 2.16. The molecule has 0 unspecified atom stereocenters. The van der Waals surface area contributed by atoms with E-state index in [9.17, 15) is 0 Å². The average molecular weight is 220 g/mol. The molecular weight excluding hydrogens is 196 g/mol. The largest absolute Gasteiger partial charge is 0.400 e. The van der Waals surface area contributed by atoms with Crippen LogP contribution in [-0.4, -0.2) is 34.5 Å². The van der Waals surface area contributed by atoms with Gasteiger partial charge in [-0.15, -0.1) is 0 Å². The second-order valence-corrected chi connectivity index (χ2v) is 5.91. The summed E-state index contributed by atoms with van der Waals surface area (Å²) in [5.74, 6) is 0.898. The lowest BCUT2D eigenvalue weighted by Gasteiger charge is -2.23. The lowest BCUT2D eigenvalue weighted by Crippen LogP contribution is -2.23. The third-order valence-electron chi connectivity index (χ3n) is 2.78. The molecule has 1 aliphatic carbocycles. The molecule has 1 fully saturated rings. The molecule has 2 nitrogen and oxygen atoms in total. The van der Waals surface area contributed by atoms with Crippen LogP contribution in [0.2, 0.25) is 6.04 Å². The highest BCUT2D eigenvalue weighted by Gasteiger charge is 2.20. The van der Waals surface area contributed by atoms with Gasteiger partial charge in [-0.05, 0) is 22.9 Å². The predicted octanol–water partition coefficient (Wildman–Crippen LogP) is 0.628. The van der Waals surface area contributed by atoms with Gasteiger partial charge in [0.25, 0.3) is 0 Å². The molecule has 0 amide bonds. The van der Waals surface area contributed by atoms with Crippen molar-refractivity contribution in [1.82, 2.24) is 0 Å². The van der Waals surface area contributed by atoms with Gasteiger partial charge < -0.3 is 8.85 Å². The molecule has 0 aromatic heterocycles. The number of hydrogen-bond acceptors (Lipinski definition) is 2. The van der Waals surface area contributed by atoms with Gasteiger partial charge >= 0.3 is 9.28 Å². The van der Waals surface area contributed by atoms with E-state index in [2.05, 4.69) is 0 Å². The van der Waals surface area contributed by atoms with Crippen LogP contribution in [0.3, 0.4) is 0 Å². The van der Waals surface area contributed by atoms with Crippen molar-refractivity contribution in [2.45, 2.75) is 38.1 Å². The fourth-order valence-corrected chi connectivity index (χ4v) is 3.58. The van der Waals surface area contributed by atoms with Crippen molar-refractivity contribution in [1.29, 1.82) is 0 Å². The molecule has 1 aliphatic rings. The van der Waals surface area contributed by atoms with Crippen LogP contribution in [0.1, 0.15) is 32.1 Å². The van der Waals surface area contributed by atoms with Crippen LogP contribution in [-0.2, 0) is 8.85 Å². The first kappa shape index (κ1) is 13.4. The zero-order valence-corrected chi connectivity index (χ0v) is 9.37. The monoisotopic (exact) mass is 220 g/mol. The van der Waals surface area contributed by atoms with Gasteiger partial charge in [0.05, 0.1) is 0 Å². The molecule has 0 aromatic carbocycles. The molecule has 0 aromatic rings. The highest BCUT2D eigenvalue weighted by atomic mass is 28.3. The van der Waals surface area contributed by atoms with Gasteiger partial charge in [-0.3, -0.25) is 0 Å². The van der Waals surface area contributed by atoms with E-state index in [1.165, 1.54) is 38.1 Å². The second-order valence-electron chi connectivity index (χ2n) is 3.64.